The van der Waals surface area contributed by atoms with E-state index in [-0.39, 0.29) is 16.8 Å². The van der Waals surface area contributed by atoms with E-state index in [1.54, 1.807) is 0 Å². The van der Waals surface area contributed by atoms with Crippen molar-refractivity contribution in [3.63, 3.8) is 0 Å². The van der Waals surface area contributed by atoms with E-state index in [1.807, 2.05) is 28.8 Å². The molecule has 2 saturated heterocycles. The number of aromatic nitrogens is 2. The molecule has 0 radical (unpaired) electrons. The summed E-state index contributed by atoms with van der Waals surface area (Å²) in [6.45, 7) is 0. The van der Waals surface area contributed by atoms with Crippen LogP contribution in [0, 0.1) is 17.8 Å². The van der Waals surface area contributed by atoms with Crippen LogP contribution in [0.4, 0.5) is 0 Å². The summed E-state index contributed by atoms with van der Waals surface area (Å²) < 4.78 is 1.99. The number of halogens is 1. The second-order valence-corrected chi connectivity index (χ2v) is 11.5. The van der Waals surface area contributed by atoms with Crippen LogP contribution in [-0.2, 0) is 0 Å². The Morgan fingerprint density at radius 1 is 0.867 bits per heavy atom. The second-order valence-electron chi connectivity index (χ2n) is 11.1. The molecular formula is C25H30ClN3O. The van der Waals surface area contributed by atoms with Gasteiger partial charge in [-0.15, -0.1) is 0 Å². The molecule has 0 spiro atoms. The van der Waals surface area contributed by atoms with Gasteiger partial charge in [-0.25, -0.2) is 4.98 Å². The van der Waals surface area contributed by atoms with Crippen molar-refractivity contribution in [2.24, 2.45) is 17.8 Å². The van der Waals surface area contributed by atoms with E-state index in [2.05, 4.69) is 9.88 Å². The number of nitrogens with zero attached hydrogens (tertiary/aromatic N) is 3. The first-order valence-electron chi connectivity index (χ1n) is 12.0. The monoisotopic (exact) mass is 423 g/mol. The highest BCUT2D eigenvalue weighted by Crippen LogP contribution is 2.61. The third-order valence-corrected chi connectivity index (χ3v) is 9.63. The first-order valence-corrected chi connectivity index (χ1v) is 12.4. The van der Waals surface area contributed by atoms with E-state index in [4.69, 9.17) is 11.6 Å². The molecule has 2 aliphatic heterocycles. The summed E-state index contributed by atoms with van der Waals surface area (Å²) in [6, 6.07) is 9.48. The highest BCUT2D eigenvalue weighted by molar-refractivity contribution is 6.29. The zero-order valence-corrected chi connectivity index (χ0v) is 18.2. The lowest BCUT2D eigenvalue weighted by Gasteiger charge is -2.63. The minimum absolute atomic E-state index is 0.108. The SMILES string of the molecule is O=c1c(Cl)nc2ccccc2n1[C@H]1C[C@H]2CC[C@@H](C1)N2C12CC3CC(CC(C3)C1)C2. The van der Waals surface area contributed by atoms with Crippen LogP contribution in [0.3, 0.4) is 0 Å². The average Bonchev–Trinajstić information content (AvgIpc) is 3.00. The minimum atomic E-state index is -0.108. The van der Waals surface area contributed by atoms with Gasteiger partial charge < -0.3 is 4.57 Å². The molecular weight excluding hydrogens is 394 g/mol. The van der Waals surface area contributed by atoms with E-state index < -0.39 is 0 Å². The minimum Gasteiger partial charge on any atom is -0.301 e. The van der Waals surface area contributed by atoms with Crippen LogP contribution < -0.4 is 5.56 Å². The number of benzene rings is 1. The zero-order valence-electron chi connectivity index (χ0n) is 17.5. The van der Waals surface area contributed by atoms with Crippen molar-refractivity contribution in [3.8, 4) is 0 Å². The molecule has 4 nitrogen and oxygen atoms in total. The van der Waals surface area contributed by atoms with Gasteiger partial charge in [0, 0.05) is 23.7 Å². The average molecular weight is 424 g/mol. The molecule has 4 saturated carbocycles. The standard InChI is InChI=1S/C25H30ClN3O/c26-23-24(30)28(22-4-2-1-3-21(22)27-23)20-10-18-5-6-19(11-20)29(18)25-12-15-7-16(13-25)9-17(8-15)14-25/h1-4,15-20H,5-14H2/t15?,16?,17?,18-,19+,20+,25?. The maximum Gasteiger partial charge on any atom is 0.288 e. The van der Waals surface area contributed by atoms with Gasteiger partial charge in [0.1, 0.15) is 0 Å². The molecule has 158 valence electrons. The fraction of sp³-hybridized carbons (Fsp3) is 0.680. The maximum absolute atomic E-state index is 13.1. The quantitative estimate of drug-likeness (QED) is 0.667. The molecule has 3 atom stereocenters. The van der Waals surface area contributed by atoms with Crippen molar-refractivity contribution >= 4 is 22.6 Å². The molecule has 4 aliphatic carbocycles. The Hall–Kier alpha value is -1.39. The van der Waals surface area contributed by atoms with Crippen LogP contribution in [0.5, 0.6) is 0 Å². The van der Waals surface area contributed by atoms with Crippen LogP contribution in [0.1, 0.15) is 70.3 Å². The molecule has 0 amide bonds. The first-order chi connectivity index (χ1) is 14.6. The second kappa shape index (κ2) is 6.32. The normalized spacial score (nSPS) is 42.3. The van der Waals surface area contributed by atoms with E-state index in [0.717, 1.165) is 41.6 Å². The number of hydrogen-bond donors (Lipinski definition) is 0. The number of piperidine rings is 1. The summed E-state index contributed by atoms with van der Waals surface area (Å²) in [4.78, 5) is 20.4. The Morgan fingerprint density at radius 3 is 2.10 bits per heavy atom. The highest BCUT2D eigenvalue weighted by atomic mass is 35.5. The van der Waals surface area contributed by atoms with E-state index in [0.29, 0.717) is 17.6 Å². The smallest absolute Gasteiger partial charge is 0.288 e. The summed E-state index contributed by atoms with van der Waals surface area (Å²) in [6.07, 6.45) is 13.6. The molecule has 8 rings (SSSR count). The number of para-hydroxylation sites is 2. The molecule has 1 aromatic heterocycles. The fourth-order valence-corrected chi connectivity index (χ4v) is 9.18. The topological polar surface area (TPSA) is 38.1 Å². The molecule has 30 heavy (non-hydrogen) atoms. The van der Waals surface area contributed by atoms with Crippen molar-refractivity contribution in [1.82, 2.24) is 14.5 Å². The van der Waals surface area contributed by atoms with Crippen LogP contribution in [0.25, 0.3) is 11.0 Å². The van der Waals surface area contributed by atoms with Crippen LogP contribution in [0.2, 0.25) is 5.15 Å². The van der Waals surface area contributed by atoms with Gasteiger partial charge in [0.2, 0.25) is 0 Å². The van der Waals surface area contributed by atoms with Gasteiger partial charge in [-0.2, -0.15) is 0 Å². The Balaban J connectivity index is 1.25. The fourth-order valence-electron chi connectivity index (χ4n) is 9.00. The van der Waals surface area contributed by atoms with Crippen molar-refractivity contribution in [2.75, 3.05) is 0 Å². The molecule has 5 heteroatoms. The summed E-state index contributed by atoms with van der Waals surface area (Å²) in [5.41, 5.74) is 2.15. The van der Waals surface area contributed by atoms with Crippen molar-refractivity contribution in [2.45, 2.75) is 87.9 Å². The van der Waals surface area contributed by atoms with Crippen LogP contribution in [-0.4, -0.2) is 32.1 Å². The van der Waals surface area contributed by atoms with Gasteiger partial charge in [-0.3, -0.25) is 9.69 Å². The number of fused-ring (bicyclic) bond motifs is 3. The van der Waals surface area contributed by atoms with Gasteiger partial charge in [-0.1, -0.05) is 23.7 Å². The van der Waals surface area contributed by atoms with E-state index in [9.17, 15) is 4.79 Å². The third-order valence-electron chi connectivity index (χ3n) is 9.38. The van der Waals surface area contributed by atoms with Gasteiger partial charge in [0.05, 0.1) is 11.0 Å². The molecule has 6 aliphatic rings. The van der Waals surface area contributed by atoms with Gasteiger partial charge >= 0.3 is 0 Å². The Morgan fingerprint density at radius 2 is 1.47 bits per heavy atom. The molecule has 2 aromatic rings. The lowest BCUT2D eigenvalue weighted by molar-refractivity contribution is -0.121. The molecule has 0 unspecified atom stereocenters. The number of rotatable bonds is 2. The molecule has 0 N–H and O–H groups in total. The lowest BCUT2D eigenvalue weighted by atomic mass is 9.52. The molecule has 3 heterocycles. The first kappa shape index (κ1) is 18.2. The Kier molecular flexibility index (Phi) is 3.84. The Bertz CT molecular complexity index is 1030. The Labute approximate surface area is 182 Å². The largest absolute Gasteiger partial charge is 0.301 e. The summed E-state index contributed by atoms with van der Waals surface area (Å²) in [5, 5.41) is 0.115. The summed E-state index contributed by atoms with van der Waals surface area (Å²) in [7, 11) is 0. The predicted molar refractivity (Wildman–Crippen MR) is 119 cm³/mol. The number of hydrogen-bond acceptors (Lipinski definition) is 3. The van der Waals surface area contributed by atoms with Gasteiger partial charge in [0.15, 0.2) is 5.15 Å². The lowest BCUT2D eigenvalue weighted by Crippen LogP contribution is -2.64. The highest BCUT2D eigenvalue weighted by Gasteiger charge is 2.58. The predicted octanol–water partition coefficient (Wildman–Crippen LogP) is 5.19. The molecule has 6 fully saturated rings. The third kappa shape index (κ3) is 2.50. The van der Waals surface area contributed by atoms with E-state index in [1.165, 1.54) is 51.4 Å². The van der Waals surface area contributed by atoms with Crippen molar-refractivity contribution in [1.29, 1.82) is 0 Å². The van der Waals surface area contributed by atoms with Gasteiger partial charge in [0.25, 0.3) is 5.56 Å². The maximum atomic E-state index is 13.1. The molecule has 1 aromatic carbocycles. The van der Waals surface area contributed by atoms with Gasteiger partial charge in [-0.05, 0) is 94.1 Å². The van der Waals surface area contributed by atoms with Crippen LogP contribution in [0.15, 0.2) is 29.1 Å². The van der Waals surface area contributed by atoms with Crippen molar-refractivity contribution in [3.05, 3.63) is 39.8 Å². The van der Waals surface area contributed by atoms with Crippen molar-refractivity contribution < 1.29 is 0 Å². The van der Waals surface area contributed by atoms with E-state index >= 15 is 0 Å². The summed E-state index contributed by atoms with van der Waals surface area (Å²) >= 11 is 6.29. The summed E-state index contributed by atoms with van der Waals surface area (Å²) in [5.74, 6) is 2.96. The molecule has 6 bridgehead atoms. The zero-order chi connectivity index (χ0) is 20.0. The van der Waals surface area contributed by atoms with Crippen LogP contribution >= 0.6 is 11.6 Å².